The molecule has 2 heterocycles. The van der Waals surface area contributed by atoms with Crippen LogP contribution in [0.3, 0.4) is 0 Å². The molecule has 2 rings (SSSR count). The van der Waals surface area contributed by atoms with Gasteiger partial charge in [0.05, 0.1) is 24.9 Å². The summed E-state index contributed by atoms with van der Waals surface area (Å²) in [5.74, 6) is 0. The molecule has 0 aromatic carbocycles. The number of imidazole rings is 1. The van der Waals surface area contributed by atoms with Crippen LogP contribution in [-0.4, -0.2) is 46.3 Å². The summed E-state index contributed by atoms with van der Waals surface area (Å²) >= 11 is 5.35. The molecule has 0 radical (unpaired) electrons. The van der Waals surface area contributed by atoms with Crippen molar-refractivity contribution in [2.75, 3.05) is 20.8 Å². The molecule has 0 saturated heterocycles. The van der Waals surface area contributed by atoms with Crippen LogP contribution >= 0.6 is 12.2 Å². The van der Waals surface area contributed by atoms with Gasteiger partial charge < -0.3 is 14.5 Å². The molecule has 7 heteroatoms. The molecule has 0 saturated carbocycles. The Kier molecular flexibility index (Phi) is 3.84. The van der Waals surface area contributed by atoms with E-state index in [1.54, 1.807) is 14.2 Å². The lowest BCUT2D eigenvalue weighted by molar-refractivity contribution is 0.0186. The van der Waals surface area contributed by atoms with Crippen LogP contribution in [0.4, 0.5) is 0 Å². The van der Waals surface area contributed by atoms with Gasteiger partial charge in [-0.05, 0) is 19.1 Å². The van der Waals surface area contributed by atoms with Gasteiger partial charge in [0.1, 0.15) is 5.52 Å². The summed E-state index contributed by atoms with van der Waals surface area (Å²) in [7, 11) is 5.24. The van der Waals surface area contributed by atoms with E-state index in [1.807, 2.05) is 23.2 Å². The van der Waals surface area contributed by atoms with Crippen LogP contribution in [0.2, 0.25) is 0 Å². The first-order valence-corrected chi connectivity index (χ1v) is 6.13. The first-order chi connectivity index (χ1) is 8.58. The monoisotopic (exact) mass is 270 g/mol. The lowest BCUT2D eigenvalue weighted by Crippen LogP contribution is -2.24. The average Bonchev–Trinajstić information content (AvgIpc) is 2.78. The Morgan fingerprint density at radius 1 is 1.44 bits per heavy atom. The van der Waals surface area contributed by atoms with Gasteiger partial charge in [0, 0.05) is 21.3 Å². The van der Waals surface area contributed by atoms with Gasteiger partial charge in [-0.2, -0.15) is 5.10 Å². The summed E-state index contributed by atoms with van der Waals surface area (Å²) < 4.78 is 15.0. The molecule has 0 aliphatic carbocycles. The van der Waals surface area contributed by atoms with Gasteiger partial charge in [-0.25, -0.2) is 0 Å². The molecule has 2 aromatic heterocycles. The number of aromatic amines is 1. The Bertz CT molecular complexity index is 598. The van der Waals surface area contributed by atoms with Crippen LogP contribution in [0.25, 0.3) is 11.2 Å². The summed E-state index contributed by atoms with van der Waals surface area (Å²) in [6.45, 7) is 3.13. The molecule has 1 atom stereocenters. The largest absolute Gasteiger partial charge is 0.382 e. The Morgan fingerprint density at radius 2 is 2.17 bits per heavy atom. The molecule has 0 aliphatic heterocycles. The number of methoxy groups -OCH3 is 2. The third kappa shape index (κ3) is 2.21. The summed E-state index contributed by atoms with van der Waals surface area (Å²) in [6, 6.07) is 0. The van der Waals surface area contributed by atoms with Crippen molar-refractivity contribution >= 4 is 23.4 Å². The average molecular weight is 270 g/mol. The first-order valence-electron chi connectivity index (χ1n) is 5.72. The number of nitrogens with one attached hydrogen (secondary N) is 1. The highest BCUT2D eigenvalue weighted by molar-refractivity contribution is 7.71. The quantitative estimate of drug-likeness (QED) is 0.834. The van der Waals surface area contributed by atoms with Crippen molar-refractivity contribution in [1.29, 1.82) is 0 Å². The number of ether oxygens (including phenoxy) is 2. The zero-order valence-electron chi connectivity index (χ0n) is 11.1. The third-order valence-electron chi connectivity index (χ3n) is 3.00. The van der Waals surface area contributed by atoms with Crippen molar-refractivity contribution in [3.63, 3.8) is 0 Å². The van der Waals surface area contributed by atoms with Gasteiger partial charge in [0.2, 0.25) is 0 Å². The highest BCUT2D eigenvalue weighted by Gasteiger charge is 2.16. The topological polar surface area (TPSA) is 57.0 Å². The third-order valence-corrected chi connectivity index (χ3v) is 3.32. The molecular weight excluding hydrogens is 252 g/mol. The van der Waals surface area contributed by atoms with E-state index in [4.69, 9.17) is 21.7 Å². The second kappa shape index (κ2) is 5.21. The molecule has 0 bridgehead atoms. The van der Waals surface area contributed by atoms with Crippen LogP contribution in [0.15, 0.2) is 0 Å². The number of nitrogens with zero attached hydrogens (tertiary/aromatic N) is 3. The fourth-order valence-electron chi connectivity index (χ4n) is 2.13. The molecule has 6 nitrogen and oxygen atoms in total. The first kappa shape index (κ1) is 13.3. The van der Waals surface area contributed by atoms with Gasteiger partial charge in [-0.3, -0.25) is 9.25 Å². The van der Waals surface area contributed by atoms with Gasteiger partial charge in [0.15, 0.2) is 10.4 Å². The summed E-state index contributed by atoms with van der Waals surface area (Å²) in [6.07, 6.45) is -0.0316. The standard InChI is InChI=1S/C11H18N4O2S/c1-7-9-10(14(2)13-7)15(11(18)12-9)5-8(17-4)6-16-3/h8H,5-6H2,1-4H3,(H,12,18). The molecule has 0 spiro atoms. The second-order valence-corrected chi connectivity index (χ2v) is 4.65. The number of aryl methyl sites for hydroxylation is 2. The van der Waals surface area contributed by atoms with Crippen molar-refractivity contribution in [3.8, 4) is 0 Å². The minimum atomic E-state index is -0.0316. The zero-order valence-corrected chi connectivity index (χ0v) is 11.9. The molecule has 1 unspecified atom stereocenters. The maximum absolute atomic E-state index is 5.38. The molecule has 1 N–H and O–H groups in total. The number of H-pyrrole nitrogens is 1. The molecule has 2 aromatic rings. The van der Waals surface area contributed by atoms with E-state index >= 15 is 0 Å². The van der Waals surface area contributed by atoms with E-state index in [2.05, 4.69) is 10.1 Å². The van der Waals surface area contributed by atoms with Crippen molar-refractivity contribution in [2.45, 2.75) is 19.6 Å². The molecular formula is C11H18N4O2S. The molecule has 0 amide bonds. The minimum absolute atomic E-state index is 0.0316. The Hall–Kier alpha value is -1.18. The maximum Gasteiger partial charge on any atom is 0.179 e. The maximum atomic E-state index is 5.38. The van der Waals surface area contributed by atoms with Gasteiger partial charge in [0.25, 0.3) is 0 Å². The van der Waals surface area contributed by atoms with Gasteiger partial charge >= 0.3 is 0 Å². The van der Waals surface area contributed by atoms with E-state index < -0.39 is 0 Å². The zero-order chi connectivity index (χ0) is 13.3. The molecule has 18 heavy (non-hydrogen) atoms. The minimum Gasteiger partial charge on any atom is -0.382 e. The van der Waals surface area contributed by atoms with E-state index in [0.29, 0.717) is 17.9 Å². The van der Waals surface area contributed by atoms with E-state index in [1.165, 1.54) is 0 Å². The predicted molar refractivity (Wildman–Crippen MR) is 71.3 cm³/mol. The number of hydrogen-bond acceptors (Lipinski definition) is 4. The van der Waals surface area contributed by atoms with Crippen LogP contribution in [-0.2, 0) is 23.1 Å². The number of aromatic nitrogens is 4. The predicted octanol–water partition coefficient (Wildman–Crippen LogP) is 1.40. The Morgan fingerprint density at radius 3 is 2.78 bits per heavy atom. The van der Waals surface area contributed by atoms with E-state index in [-0.39, 0.29) is 6.10 Å². The van der Waals surface area contributed by atoms with Crippen molar-refractivity contribution in [3.05, 3.63) is 10.5 Å². The van der Waals surface area contributed by atoms with Crippen LogP contribution in [0.1, 0.15) is 5.69 Å². The lowest BCUT2D eigenvalue weighted by Gasteiger charge is -2.15. The van der Waals surface area contributed by atoms with Crippen LogP contribution in [0, 0.1) is 11.7 Å². The molecule has 100 valence electrons. The summed E-state index contributed by atoms with van der Waals surface area (Å²) in [5, 5.41) is 4.38. The second-order valence-electron chi connectivity index (χ2n) is 4.26. The number of rotatable bonds is 5. The smallest absolute Gasteiger partial charge is 0.179 e. The summed E-state index contributed by atoms with van der Waals surface area (Å²) in [5.41, 5.74) is 2.91. The number of hydrogen-bond donors (Lipinski definition) is 1. The van der Waals surface area contributed by atoms with Gasteiger partial charge in [-0.1, -0.05) is 0 Å². The van der Waals surface area contributed by atoms with Crippen molar-refractivity contribution < 1.29 is 9.47 Å². The van der Waals surface area contributed by atoms with Gasteiger partial charge in [-0.15, -0.1) is 0 Å². The highest BCUT2D eigenvalue weighted by atomic mass is 32.1. The highest BCUT2D eigenvalue weighted by Crippen LogP contribution is 2.17. The van der Waals surface area contributed by atoms with Crippen molar-refractivity contribution in [1.82, 2.24) is 19.3 Å². The number of fused-ring (bicyclic) bond motifs is 1. The molecule has 0 fully saturated rings. The Balaban J connectivity index is 2.43. The van der Waals surface area contributed by atoms with E-state index in [9.17, 15) is 0 Å². The molecule has 0 aliphatic rings. The fraction of sp³-hybridized carbons (Fsp3) is 0.636. The van der Waals surface area contributed by atoms with E-state index in [0.717, 1.165) is 16.9 Å². The lowest BCUT2D eigenvalue weighted by atomic mass is 10.3. The van der Waals surface area contributed by atoms with Crippen LogP contribution < -0.4 is 0 Å². The van der Waals surface area contributed by atoms with Crippen molar-refractivity contribution in [2.24, 2.45) is 7.05 Å². The van der Waals surface area contributed by atoms with Crippen LogP contribution in [0.5, 0.6) is 0 Å². The normalized spacial score (nSPS) is 13.3. The SMILES string of the molecule is COCC(Cn1c(=S)[nH]c2c(C)nn(C)c21)OC. The fourth-order valence-corrected chi connectivity index (χ4v) is 2.39. The Labute approximate surface area is 110 Å². The summed E-state index contributed by atoms with van der Waals surface area (Å²) in [4.78, 5) is 3.19.